The quantitative estimate of drug-likeness (QED) is 0.575. The van der Waals surface area contributed by atoms with Crippen molar-refractivity contribution in [2.45, 2.75) is 31.1 Å². The second-order valence-corrected chi connectivity index (χ2v) is 8.08. The van der Waals surface area contributed by atoms with E-state index < -0.39 is 0 Å². The number of likely N-dealkylation sites (tertiary alicyclic amines) is 1. The number of morpholine rings is 1. The van der Waals surface area contributed by atoms with E-state index in [0.29, 0.717) is 43.7 Å². The van der Waals surface area contributed by atoms with E-state index in [1.165, 1.54) is 6.20 Å². The Morgan fingerprint density at radius 3 is 2.76 bits per heavy atom. The van der Waals surface area contributed by atoms with Gasteiger partial charge in [-0.25, -0.2) is 9.97 Å². The number of ether oxygens (including phenoxy) is 1. The number of amides is 1. The summed E-state index contributed by atoms with van der Waals surface area (Å²) in [6, 6.07) is 3.72. The summed E-state index contributed by atoms with van der Waals surface area (Å²) in [5, 5.41) is 11.6. The van der Waals surface area contributed by atoms with Crippen LogP contribution in [0.2, 0.25) is 0 Å². The highest BCUT2D eigenvalue weighted by molar-refractivity contribution is 5.95. The molecule has 1 saturated carbocycles. The van der Waals surface area contributed by atoms with Crippen molar-refractivity contribution in [1.82, 2.24) is 14.9 Å². The van der Waals surface area contributed by atoms with Gasteiger partial charge in [0.15, 0.2) is 12.4 Å². The summed E-state index contributed by atoms with van der Waals surface area (Å²) in [5.41, 5.74) is 2.52. The third kappa shape index (κ3) is 3.76. The van der Waals surface area contributed by atoms with E-state index in [1.807, 2.05) is 11.0 Å². The lowest BCUT2D eigenvalue weighted by Crippen LogP contribution is -2.38. The Bertz CT molecular complexity index is 911. The van der Waals surface area contributed by atoms with Gasteiger partial charge in [-0.3, -0.25) is 4.79 Å². The summed E-state index contributed by atoms with van der Waals surface area (Å²) in [6.45, 7) is 4.23. The molecule has 152 valence electrons. The van der Waals surface area contributed by atoms with E-state index in [0.717, 1.165) is 48.3 Å². The third-order valence-corrected chi connectivity index (χ3v) is 6.04. The largest absolute Gasteiger partial charge is 0.619 e. The molecule has 2 aromatic heterocycles. The molecule has 8 heteroatoms. The maximum atomic E-state index is 13.3. The monoisotopic (exact) mass is 395 g/mol. The average Bonchev–Trinajstić information content (AvgIpc) is 3.49. The molecule has 2 saturated heterocycles. The Balaban J connectivity index is 1.35. The predicted octanol–water partition coefficient (Wildman–Crippen LogP) is 1.45. The Labute approximate surface area is 169 Å². The molecule has 2 aromatic rings. The molecule has 29 heavy (non-hydrogen) atoms. The first-order valence-corrected chi connectivity index (χ1v) is 10.4. The van der Waals surface area contributed by atoms with Gasteiger partial charge in [0.05, 0.1) is 24.5 Å². The number of carbonyl (C=O) groups excluding carboxylic acids is 1. The highest BCUT2D eigenvalue weighted by Gasteiger charge is 2.35. The summed E-state index contributed by atoms with van der Waals surface area (Å²) in [7, 11) is 0. The lowest BCUT2D eigenvalue weighted by Gasteiger charge is -2.27. The fraction of sp³-hybridized carbons (Fsp3) is 0.524. The third-order valence-electron chi connectivity index (χ3n) is 6.04. The molecule has 0 spiro atoms. The summed E-state index contributed by atoms with van der Waals surface area (Å²) in [6.07, 6.45) is 7.83. The van der Waals surface area contributed by atoms with E-state index in [2.05, 4.69) is 9.88 Å². The Kier molecular flexibility index (Phi) is 4.79. The fourth-order valence-electron chi connectivity index (χ4n) is 4.23. The van der Waals surface area contributed by atoms with Crippen LogP contribution in [0.25, 0.3) is 0 Å². The van der Waals surface area contributed by atoms with Gasteiger partial charge in [0.25, 0.3) is 5.91 Å². The molecule has 1 aliphatic carbocycles. The van der Waals surface area contributed by atoms with E-state index in [9.17, 15) is 10.0 Å². The van der Waals surface area contributed by atoms with Crippen molar-refractivity contribution >= 4 is 11.9 Å². The number of aromatic nitrogens is 3. The molecule has 2 aliphatic heterocycles. The van der Waals surface area contributed by atoms with Gasteiger partial charge in [0.2, 0.25) is 5.95 Å². The molecule has 1 atom stereocenters. The van der Waals surface area contributed by atoms with E-state index in [-0.39, 0.29) is 11.8 Å². The highest BCUT2D eigenvalue weighted by Crippen LogP contribution is 2.41. The number of anilines is 1. The zero-order valence-electron chi connectivity index (χ0n) is 16.4. The lowest BCUT2D eigenvalue weighted by molar-refractivity contribution is -0.605. The maximum Gasteiger partial charge on any atom is 0.257 e. The number of nitrogens with zero attached hydrogens (tertiary/aromatic N) is 5. The normalized spacial score (nSPS) is 22.1. The van der Waals surface area contributed by atoms with Crippen molar-refractivity contribution in [2.24, 2.45) is 0 Å². The molecular weight excluding hydrogens is 370 g/mol. The molecule has 1 amide bonds. The van der Waals surface area contributed by atoms with Crippen LogP contribution in [0.1, 0.15) is 52.7 Å². The number of pyridine rings is 1. The van der Waals surface area contributed by atoms with Crippen LogP contribution >= 0.6 is 0 Å². The molecule has 0 N–H and O–H groups in total. The number of hydrogen-bond acceptors (Lipinski definition) is 6. The minimum atomic E-state index is 0.00820. The van der Waals surface area contributed by atoms with Crippen molar-refractivity contribution < 1.29 is 14.3 Å². The van der Waals surface area contributed by atoms with Crippen LogP contribution in [0.3, 0.4) is 0 Å². The van der Waals surface area contributed by atoms with Crippen molar-refractivity contribution in [1.29, 1.82) is 0 Å². The zero-order valence-corrected chi connectivity index (χ0v) is 16.4. The minimum absolute atomic E-state index is 0.00820. The van der Waals surface area contributed by atoms with E-state index in [1.54, 1.807) is 18.5 Å². The van der Waals surface area contributed by atoms with Crippen molar-refractivity contribution in [3.8, 4) is 0 Å². The topological polar surface area (TPSA) is 85.5 Å². The van der Waals surface area contributed by atoms with Gasteiger partial charge in [0.1, 0.15) is 0 Å². The standard InChI is InChI=1S/C21H25N5O3/c27-20(25-7-5-17(13-25)16-2-1-6-26(28)14-16)18-12-22-21(23-19(18)15-3-4-15)24-8-10-29-11-9-24/h1-2,6,12,14-15,17H,3-5,7-11,13H2. The fourth-order valence-corrected chi connectivity index (χ4v) is 4.23. The highest BCUT2D eigenvalue weighted by atomic mass is 16.5. The van der Waals surface area contributed by atoms with Crippen LogP contribution in [-0.2, 0) is 4.74 Å². The van der Waals surface area contributed by atoms with Gasteiger partial charge >= 0.3 is 0 Å². The van der Waals surface area contributed by atoms with Crippen LogP contribution in [0.4, 0.5) is 5.95 Å². The molecule has 0 bridgehead atoms. The van der Waals surface area contributed by atoms with Crippen LogP contribution < -0.4 is 9.63 Å². The smallest absolute Gasteiger partial charge is 0.257 e. The number of rotatable bonds is 4. The van der Waals surface area contributed by atoms with Gasteiger partial charge in [-0.15, -0.1) is 0 Å². The van der Waals surface area contributed by atoms with Gasteiger partial charge in [0, 0.05) is 55.8 Å². The SMILES string of the molecule is O=C(c1cnc(N2CCOCC2)nc1C1CC1)N1CCC(c2ccc[n+]([O-])c2)C1. The Morgan fingerprint density at radius 2 is 2.00 bits per heavy atom. The molecular formula is C21H25N5O3. The maximum absolute atomic E-state index is 13.3. The molecule has 0 aromatic carbocycles. The second-order valence-electron chi connectivity index (χ2n) is 8.08. The second kappa shape index (κ2) is 7.59. The molecule has 4 heterocycles. The first kappa shape index (κ1) is 18.3. The summed E-state index contributed by atoms with van der Waals surface area (Å²) in [5.74, 6) is 1.27. The first-order valence-electron chi connectivity index (χ1n) is 10.4. The minimum Gasteiger partial charge on any atom is -0.619 e. The van der Waals surface area contributed by atoms with Gasteiger partial charge in [-0.1, -0.05) is 0 Å². The van der Waals surface area contributed by atoms with Crippen LogP contribution in [0.15, 0.2) is 30.7 Å². The van der Waals surface area contributed by atoms with Crippen molar-refractivity contribution in [3.63, 3.8) is 0 Å². The predicted molar refractivity (Wildman–Crippen MR) is 106 cm³/mol. The molecule has 0 radical (unpaired) electrons. The van der Waals surface area contributed by atoms with E-state index in [4.69, 9.17) is 9.72 Å². The molecule has 8 nitrogen and oxygen atoms in total. The van der Waals surface area contributed by atoms with E-state index >= 15 is 0 Å². The van der Waals surface area contributed by atoms with Crippen LogP contribution in [-0.4, -0.2) is 60.2 Å². The Hall–Kier alpha value is -2.74. The number of hydrogen-bond donors (Lipinski definition) is 0. The van der Waals surface area contributed by atoms with Crippen LogP contribution in [0, 0.1) is 5.21 Å². The molecule has 1 unspecified atom stereocenters. The summed E-state index contributed by atoms with van der Waals surface area (Å²) in [4.78, 5) is 26.6. The molecule has 3 aliphatic rings. The van der Waals surface area contributed by atoms with Gasteiger partial charge in [-0.05, 0) is 25.3 Å². The van der Waals surface area contributed by atoms with Crippen molar-refractivity contribution in [3.05, 3.63) is 52.8 Å². The molecule has 3 fully saturated rings. The summed E-state index contributed by atoms with van der Waals surface area (Å²) >= 11 is 0. The lowest BCUT2D eigenvalue weighted by atomic mass is 10.0. The van der Waals surface area contributed by atoms with Crippen LogP contribution in [0.5, 0.6) is 0 Å². The summed E-state index contributed by atoms with van der Waals surface area (Å²) < 4.78 is 6.24. The Morgan fingerprint density at radius 1 is 1.17 bits per heavy atom. The average molecular weight is 395 g/mol. The van der Waals surface area contributed by atoms with Crippen molar-refractivity contribution in [2.75, 3.05) is 44.3 Å². The first-order chi connectivity index (χ1) is 14.2. The zero-order chi connectivity index (χ0) is 19.8. The van der Waals surface area contributed by atoms with Gasteiger partial charge in [-0.2, -0.15) is 4.73 Å². The van der Waals surface area contributed by atoms with Gasteiger partial charge < -0.3 is 19.7 Å². The number of carbonyl (C=O) groups is 1. The molecule has 5 rings (SSSR count).